The molecule has 15 heavy (non-hydrogen) atoms. The molecule has 0 bridgehead atoms. The Balaban J connectivity index is 2.08. The van der Waals surface area contributed by atoms with E-state index in [1.54, 1.807) is 0 Å². The summed E-state index contributed by atoms with van der Waals surface area (Å²) in [5.41, 5.74) is 0. The van der Waals surface area contributed by atoms with Crippen molar-refractivity contribution in [1.82, 2.24) is 10.2 Å². The molecule has 0 aromatic rings. The summed E-state index contributed by atoms with van der Waals surface area (Å²) in [5, 5.41) is 3.45. The molecule has 0 spiro atoms. The van der Waals surface area contributed by atoms with E-state index in [1.807, 2.05) is 0 Å². The predicted octanol–water partition coefficient (Wildman–Crippen LogP) is 1.49. The van der Waals surface area contributed by atoms with Gasteiger partial charge in [0.15, 0.2) is 0 Å². The fourth-order valence-corrected chi connectivity index (χ4v) is 1.98. The van der Waals surface area contributed by atoms with Gasteiger partial charge < -0.3 is 15.0 Å². The summed E-state index contributed by atoms with van der Waals surface area (Å²) >= 11 is 0. The van der Waals surface area contributed by atoms with Gasteiger partial charge in [-0.25, -0.2) is 0 Å². The largest absolute Gasteiger partial charge is 0.377 e. The first-order valence-electron chi connectivity index (χ1n) is 6.26. The maximum absolute atomic E-state index is 5.62. The van der Waals surface area contributed by atoms with Crippen LogP contribution in [-0.2, 0) is 4.74 Å². The summed E-state index contributed by atoms with van der Waals surface area (Å²) in [5.74, 6) is 0. The third kappa shape index (κ3) is 6.13. The number of ether oxygens (including phenoxy) is 1. The zero-order valence-electron chi connectivity index (χ0n) is 10.5. The third-order valence-corrected chi connectivity index (χ3v) is 2.74. The van der Waals surface area contributed by atoms with Crippen LogP contribution in [0.1, 0.15) is 33.6 Å². The molecule has 0 amide bonds. The number of rotatable bonds is 5. The molecule has 1 aliphatic rings. The van der Waals surface area contributed by atoms with Crippen molar-refractivity contribution in [3.8, 4) is 0 Å². The first-order valence-corrected chi connectivity index (χ1v) is 6.26. The highest BCUT2D eigenvalue weighted by molar-refractivity contribution is 4.67. The van der Waals surface area contributed by atoms with Crippen molar-refractivity contribution in [3.05, 3.63) is 0 Å². The van der Waals surface area contributed by atoms with E-state index < -0.39 is 0 Å². The smallest absolute Gasteiger partial charge is 0.0673 e. The molecular weight excluding hydrogens is 188 g/mol. The monoisotopic (exact) mass is 214 g/mol. The van der Waals surface area contributed by atoms with Gasteiger partial charge in [0.05, 0.1) is 6.10 Å². The van der Waals surface area contributed by atoms with E-state index in [2.05, 4.69) is 31.0 Å². The topological polar surface area (TPSA) is 24.5 Å². The van der Waals surface area contributed by atoms with Crippen LogP contribution in [0.3, 0.4) is 0 Å². The minimum Gasteiger partial charge on any atom is -0.377 e. The Hall–Kier alpha value is -0.120. The molecular formula is C12H26N2O. The molecule has 1 atom stereocenters. The molecule has 0 aliphatic carbocycles. The minimum absolute atomic E-state index is 0.408. The van der Waals surface area contributed by atoms with Gasteiger partial charge in [0.25, 0.3) is 0 Å². The second-order valence-corrected chi connectivity index (χ2v) is 4.80. The van der Waals surface area contributed by atoms with E-state index in [-0.39, 0.29) is 0 Å². The third-order valence-electron chi connectivity index (χ3n) is 2.74. The normalized spacial score (nSPS) is 24.4. The van der Waals surface area contributed by atoms with E-state index in [0.29, 0.717) is 12.1 Å². The van der Waals surface area contributed by atoms with Crippen LogP contribution < -0.4 is 5.32 Å². The SMILES string of the molecule is CC(C)NCCCN1CCCOC(C)C1. The van der Waals surface area contributed by atoms with Crippen LogP contribution in [0, 0.1) is 0 Å². The van der Waals surface area contributed by atoms with Gasteiger partial charge in [-0.3, -0.25) is 0 Å². The van der Waals surface area contributed by atoms with Crippen LogP contribution in [0.25, 0.3) is 0 Å². The molecule has 0 aromatic carbocycles. The highest BCUT2D eigenvalue weighted by Crippen LogP contribution is 2.05. The maximum atomic E-state index is 5.62. The van der Waals surface area contributed by atoms with Gasteiger partial charge >= 0.3 is 0 Å². The highest BCUT2D eigenvalue weighted by Gasteiger charge is 2.13. The van der Waals surface area contributed by atoms with Crippen molar-refractivity contribution < 1.29 is 4.74 Å². The molecule has 3 heteroatoms. The van der Waals surface area contributed by atoms with Crippen LogP contribution in [0.15, 0.2) is 0 Å². The zero-order chi connectivity index (χ0) is 11.1. The van der Waals surface area contributed by atoms with Crippen molar-refractivity contribution in [2.24, 2.45) is 0 Å². The van der Waals surface area contributed by atoms with Crippen molar-refractivity contribution in [2.75, 3.05) is 32.8 Å². The molecule has 1 N–H and O–H groups in total. The molecule has 1 unspecified atom stereocenters. The molecule has 1 fully saturated rings. The lowest BCUT2D eigenvalue weighted by atomic mass is 10.3. The zero-order valence-corrected chi connectivity index (χ0v) is 10.5. The van der Waals surface area contributed by atoms with Crippen LogP contribution in [0.2, 0.25) is 0 Å². The van der Waals surface area contributed by atoms with E-state index in [0.717, 1.165) is 19.7 Å². The lowest BCUT2D eigenvalue weighted by Gasteiger charge is -2.21. The minimum atomic E-state index is 0.408. The van der Waals surface area contributed by atoms with E-state index in [4.69, 9.17) is 4.74 Å². The highest BCUT2D eigenvalue weighted by atomic mass is 16.5. The fraction of sp³-hybridized carbons (Fsp3) is 1.00. The second kappa shape index (κ2) is 7.20. The van der Waals surface area contributed by atoms with Gasteiger partial charge in [-0.15, -0.1) is 0 Å². The molecule has 0 radical (unpaired) electrons. The quantitative estimate of drug-likeness (QED) is 0.702. The molecule has 1 aliphatic heterocycles. The lowest BCUT2D eigenvalue weighted by molar-refractivity contribution is 0.0676. The summed E-state index contributed by atoms with van der Waals surface area (Å²) in [6.07, 6.45) is 2.83. The number of hydrogen-bond donors (Lipinski definition) is 1. The summed E-state index contributed by atoms with van der Waals surface area (Å²) in [4.78, 5) is 2.53. The average Bonchev–Trinajstić information content (AvgIpc) is 2.37. The van der Waals surface area contributed by atoms with Crippen LogP contribution >= 0.6 is 0 Å². The second-order valence-electron chi connectivity index (χ2n) is 4.80. The van der Waals surface area contributed by atoms with Crippen molar-refractivity contribution in [2.45, 2.75) is 45.8 Å². The van der Waals surface area contributed by atoms with Crippen molar-refractivity contribution in [3.63, 3.8) is 0 Å². The summed E-state index contributed by atoms with van der Waals surface area (Å²) in [7, 11) is 0. The first-order chi connectivity index (χ1) is 7.18. The first kappa shape index (κ1) is 12.9. The average molecular weight is 214 g/mol. The Morgan fingerprint density at radius 2 is 2.27 bits per heavy atom. The predicted molar refractivity (Wildman–Crippen MR) is 64.2 cm³/mol. The van der Waals surface area contributed by atoms with Gasteiger partial charge in [-0.2, -0.15) is 0 Å². The molecule has 1 saturated heterocycles. The molecule has 90 valence electrons. The van der Waals surface area contributed by atoms with Crippen LogP contribution in [0.5, 0.6) is 0 Å². The van der Waals surface area contributed by atoms with Crippen LogP contribution in [0.4, 0.5) is 0 Å². The summed E-state index contributed by atoms with van der Waals surface area (Å²) in [6.45, 7) is 12.1. The maximum Gasteiger partial charge on any atom is 0.0673 e. The number of nitrogens with one attached hydrogen (secondary N) is 1. The lowest BCUT2D eigenvalue weighted by Crippen LogP contribution is -2.33. The van der Waals surface area contributed by atoms with Gasteiger partial charge in [0, 0.05) is 25.7 Å². The molecule has 0 saturated carbocycles. The number of hydrogen-bond acceptors (Lipinski definition) is 3. The van der Waals surface area contributed by atoms with E-state index in [9.17, 15) is 0 Å². The van der Waals surface area contributed by atoms with Gasteiger partial charge in [0.2, 0.25) is 0 Å². The standard InChI is InChI=1S/C12H26N2O/c1-11(2)13-6-4-7-14-8-5-9-15-12(3)10-14/h11-13H,4-10H2,1-3H3. The molecule has 1 heterocycles. The Morgan fingerprint density at radius 1 is 1.47 bits per heavy atom. The van der Waals surface area contributed by atoms with Gasteiger partial charge in [-0.05, 0) is 32.9 Å². The number of nitrogens with zero attached hydrogens (tertiary/aromatic N) is 1. The molecule has 3 nitrogen and oxygen atoms in total. The van der Waals surface area contributed by atoms with Crippen molar-refractivity contribution >= 4 is 0 Å². The molecule has 1 rings (SSSR count). The van der Waals surface area contributed by atoms with Crippen molar-refractivity contribution in [1.29, 1.82) is 0 Å². The molecule has 0 aromatic heterocycles. The Labute approximate surface area is 94.2 Å². The van der Waals surface area contributed by atoms with E-state index >= 15 is 0 Å². The van der Waals surface area contributed by atoms with Crippen LogP contribution in [-0.4, -0.2) is 49.8 Å². The summed E-state index contributed by atoms with van der Waals surface area (Å²) < 4.78 is 5.62. The Kier molecular flexibility index (Phi) is 6.22. The Morgan fingerprint density at radius 3 is 3.00 bits per heavy atom. The van der Waals surface area contributed by atoms with Gasteiger partial charge in [-0.1, -0.05) is 13.8 Å². The van der Waals surface area contributed by atoms with E-state index in [1.165, 1.54) is 25.9 Å². The van der Waals surface area contributed by atoms with Gasteiger partial charge in [0.1, 0.15) is 0 Å². The summed E-state index contributed by atoms with van der Waals surface area (Å²) in [6, 6.07) is 0.608. The Bertz CT molecular complexity index is 162. The fourth-order valence-electron chi connectivity index (χ4n) is 1.98.